The topological polar surface area (TPSA) is 37.8 Å². The molecular formula is C17H15Cl2N3. The van der Waals surface area contributed by atoms with E-state index in [1.54, 1.807) is 12.1 Å². The number of hydrogen-bond acceptors (Lipinski definition) is 3. The number of para-hydroxylation sites is 1. The lowest BCUT2D eigenvalue weighted by Gasteiger charge is -2.13. The number of halogens is 2. The summed E-state index contributed by atoms with van der Waals surface area (Å²) in [5, 5.41) is 5.49. The average Bonchev–Trinajstić information content (AvgIpc) is 2.46. The molecule has 3 rings (SSSR count). The summed E-state index contributed by atoms with van der Waals surface area (Å²) in [6.45, 7) is 4.15. The number of anilines is 1. The van der Waals surface area contributed by atoms with Crippen LogP contribution in [0.4, 0.5) is 5.82 Å². The lowest BCUT2D eigenvalue weighted by Crippen LogP contribution is -2.12. The maximum atomic E-state index is 6.29. The molecule has 3 aromatic rings. The van der Waals surface area contributed by atoms with Gasteiger partial charge in [0.15, 0.2) is 5.82 Å². The third-order valence-corrected chi connectivity index (χ3v) is 3.75. The van der Waals surface area contributed by atoms with Gasteiger partial charge >= 0.3 is 0 Å². The molecule has 2 aromatic carbocycles. The Kier molecular flexibility index (Phi) is 4.19. The predicted octanol–water partition coefficient (Wildman–Crippen LogP) is 5.42. The van der Waals surface area contributed by atoms with E-state index in [0.717, 1.165) is 22.3 Å². The van der Waals surface area contributed by atoms with Crippen LogP contribution >= 0.6 is 23.2 Å². The first kappa shape index (κ1) is 15.1. The number of nitrogens with one attached hydrogen (secondary N) is 1. The van der Waals surface area contributed by atoms with Crippen molar-refractivity contribution in [2.45, 2.75) is 19.9 Å². The van der Waals surface area contributed by atoms with E-state index in [1.165, 1.54) is 0 Å². The Morgan fingerprint density at radius 1 is 1.00 bits per heavy atom. The highest BCUT2D eigenvalue weighted by Crippen LogP contribution is 2.31. The Morgan fingerprint density at radius 3 is 2.50 bits per heavy atom. The average molecular weight is 332 g/mol. The van der Waals surface area contributed by atoms with Gasteiger partial charge in [-0.1, -0.05) is 35.3 Å². The van der Waals surface area contributed by atoms with Gasteiger partial charge < -0.3 is 5.32 Å². The highest BCUT2D eigenvalue weighted by molar-refractivity contribution is 6.36. The van der Waals surface area contributed by atoms with Crippen molar-refractivity contribution in [2.75, 3.05) is 5.32 Å². The molecule has 0 atom stereocenters. The van der Waals surface area contributed by atoms with E-state index in [-0.39, 0.29) is 6.04 Å². The standard InChI is InChI=1S/C17H15Cl2N3/c1-10(2)20-17-13-5-3-4-6-15(13)21-16(22-17)12-8-7-11(18)9-14(12)19/h3-10H,1-2H3,(H,20,21,22). The van der Waals surface area contributed by atoms with Crippen molar-refractivity contribution in [2.24, 2.45) is 0 Å². The van der Waals surface area contributed by atoms with Gasteiger partial charge in [0.05, 0.1) is 10.5 Å². The normalized spacial score (nSPS) is 11.1. The van der Waals surface area contributed by atoms with E-state index >= 15 is 0 Å². The Bertz CT molecular complexity index is 831. The Balaban J connectivity index is 2.22. The van der Waals surface area contributed by atoms with Gasteiger partial charge in [0.2, 0.25) is 0 Å². The zero-order valence-electron chi connectivity index (χ0n) is 12.3. The Hall–Kier alpha value is -1.84. The maximum Gasteiger partial charge on any atom is 0.163 e. The highest BCUT2D eigenvalue weighted by atomic mass is 35.5. The molecule has 112 valence electrons. The van der Waals surface area contributed by atoms with Gasteiger partial charge in [-0.25, -0.2) is 9.97 Å². The minimum absolute atomic E-state index is 0.270. The van der Waals surface area contributed by atoms with Crippen LogP contribution in [0.1, 0.15) is 13.8 Å². The summed E-state index contributed by atoms with van der Waals surface area (Å²) in [5.41, 5.74) is 1.64. The van der Waals surface area contributed by atoms with Crippen molar-refractivity contribution in [3.63, 3.8) is 0 Å². The lowest BCUT2D eigenvalue weighted by molar-refractivity contribution is 0.891. The maximum absolute atomic E-state index is 6.29. The van der Waals surface area contributed by atoms with E-state index in [1.807, 2.05) is 30.3 Å². The predicted molar refractivity (Wildman–Crippen MR) is 93.8 cm³/mol. The van der Waals surface area contributed by atoms with Gasteiger partial charge in [-0.2, -0.15) is 0 Å². The van der Waals surface area contributed by atoms with Gasteiger partial charge in [0, 0.05) is 22.0 Å². The van der Waals surface area contributed by atoms with Crippen molar-refractivity contribution < 1.29 is 0 Å². The minimum Gasteiger partial charge on any atom is -0.367 e. The molecule has 0 aliphatic carbocycles. The van der Waals surface area contributed by atoms with Crippen LogP contribution in [-0.4, -0.2) is 16.0 Å². The second-order valence-corrected chi connectivity index (χ2v) is 6.18. The third-order valence-electron chi connectivity index (χ3n) is 3.20. The molecule has 0 spiro atoms. The van der Waals surface area contributed by atoms with E-state index < -0.39 is 0 Å². The van der Waals surface area contributed by atoms with E-state index in [9.17, 15) is 0 Å². The van der Waals surface area contributed by atoms with Crippen LogP contribution in [0.5, 0.6) is 0 Å². The summed E-state index contributed by atoms with van der Waals surface area (Å²) in [6, 6.07) is 13.5. The molecule has 0 radical (unpaired) electrons. The van der Waals surface area contributed by atoms with E-state index in [4.69, 9.17) is 23.2 Å². The van der Waals surface area contributed by atoms with Crippen LogP contribution < -0.4 is 5.32 Å². The number of rotatable bonds is 3. The van der Waals surface area contributed by atoms with Crippen LogP contribution in [0.25, 0.3) is 22.3 Å². The fourth-order valence-corrected chi connectivity index (χ4v) is 2.74. The molecule has 0 amide bonds. The minimum atomic E-state index is 0.270. The van der Waals surface area contributed by atoms with Gasteiger partial charge in [-0.3, -0.25) is 0 Å². The molecule has 0 bridgehead atoms. The van der Waals surface area contributed by atoms with Crippen molar-refractivity contribution >= 4 is 39.9 Å². The van der Waals surface area contributed by atoms with Gasteiger partial charge in [0.25, 0.3) is 0 Å². The quantitative estimate of drug-likeness (QED) is 0.695. The summed E-state index contributed by atoms with van der Waals surface area (Å²) in [5.74, 6) is 1.39. The Morgan fingerprint density at radius 2 is 1.77 bits per heavy atom. The SMILES string of the molecule is CC(C)Nc1nc(-c2ccc(Cl)cc2Cl)nc2ccccc12. The van der Waals surface area contributed by atoms with Crippen LogP contribution in [0.3, 0.4) is 0 Å². The van der Waals surface area contributed by atoms with Gasteiger partial charge in [-0.15, -0.1) is 0 Å². The zero-order chi connectivity index (χ0) is 15.7. The summed E-state index contributed by atoms with van der Waals surface area (Å²) >= 11 is 12.3. The van der Waals surface area contributed by atoms with Crippen molar-refractivity contribution in [3.05, 3.63) is 52.5 Å². The molecule has 1 N–H and O–H groups in total. The summed E-state index contributed by atoms with van der Waals surface area (Å²) in [7, 11) is 0. The summed E-state index contributed by atoms with van der Waals surface area (Å²) < 4.78 is 0. The number of aromatic nitrogens is 2. The first-order valence-corrected chi connectivity index (χ1v) is 7.79. The van der Waals surface area contributed by atoms with Gasteiger partial charge in [0.1, 0.15) is 5.82 Å². The molecule has 0 saturated heterocycles. The zero-order valence-corrected chi connectivity index (χ0v) is 13.8. The molecule has 0 unspecified atom stereocenters. The number of fused-ring (bicyclic) bond motifs is 1. The van der Waals surface area contributed by atoms with Crippen LogP contribution in [0.15, 0.2) is 42.5 Å². The lowest BCUT2D eigenvalue weighted by atomic mass is 10.1. The van der Waals surface area contributed by atoms with Crippen molar-refractivity contribution in [1.82, 2.24) is 9.97 Å². The molecule has 22 heavy (non-hydrogen) atoms. The molecule has 0 aliphatic rings. The van der Waals surface area contributed by atoms with E-state index in [0.29, 0.717) is 15.9 Å². The van der Waals surface area contributed by atoms with E-state index in [2.05, 4.69) is 29.1 Å². The molecule has 1 aromatic heterocycles. The Labute approximate surface area is 139 Å². The monoisotopic (exact) mass is 331 g/mol. The first-order chi connectivity index (χ1) is 10.5. The van der Waals surface area contributed by atoms with Crippen LogP contribution in [0.2, 0.25) is 10.0 Å². The first-order valence-electron chi connectivity index (χ1n) is 7.03. The van der Waals surface area contributed by atoms with Crippen LogP contribution in [-0.2, 0) is 0 Å². The van der Waals surface area contributed by atoms with Crippen LogP contribution in [0, 0.1) is 0 Å². The fraction of sp³-hybridized carbons (Fsp3) is 0.176. The second-order valence-electron chi connectivity index (χ2n) is 5.34. The third kappa shape index (κ3) is 3.01. The summed E-state index contributed by atoms with van der Waals surface area (Å²) in [4.78, 5) is 9.28. The molecule has 0 saturated carbocycles. The second kappa shape index (κ2) is 6.11. The number of nitrogens with zero attached hydrogens (tertiary/aromatic N) is 2. The van der Waals surface area contributed by atoms with Crippen molar-refractivity contribution in [1.29, 1.82) is 0 Å². The molecule has 0 aliphatic heterocycles. The largest absolute Gasteiger partial charge is 0.367 e. The number of benzene rings is 2. The fourth-order valence-electron chi connectivity index (χ4n) is 2.25. The molecule has 0 fully saturated rings. The molecule has 5 heteroatoms. The number of hydrogen-bond donors (Lipinski definition) is 1. The molecular weight excluding hydrogens is 317 g/mol. The van der Waals surface area contributed by atoms with Gasteiger partial charge in [-0.05, 0) is 44.2 Å². The molecule has 3 nitrogen and oxygen atoms in total. The molecule has 1 heterocycles. The summed E-state index contributed by atoms with van der Waals surface area (Å²) in [6.07, 6.45) is 0. The van der Waals surface area contributed by atoms with Crippen molar-refractivity contribution in [3.8, 4) is 11.4 Å². The highest BCUT2D eigenvalue weighted by Gasteiger charge is 2.12. The smallest absolute Gasteiger partial charge is 0.163 e.